The van der Waals surface area contributed by atoms with Crippen molar-refractivity contribution >= 4 is 11.6 Å². The molecule has 0 saturated carbocycles. The molecule has 1 amide bonds. The molecule has 1 rings (SSSR count). The number of aryl methyl sites for hydroxylation is 1. The summed E-state index contributed by atoms with van der Waals surface area (Å²) in [4.78, 5) is 16.8. The second-order valence-electron chi connectivity index (χ2n) is 5.51. The molecule has 0 aliphatic carbocycles. The lowest BCUT2D eigenvalue weighted by molar-refractivity contribution is -0.139. The molecule has 0 fully saturated rings. The number of ether oxygens (including phenoxy) is 3. The first-order valence-corrected chi connectivity index (χ1v) is 8.01. The second-order valence-corrected chi connectivity index (χ2v) is 5.51. The molecule has 1 N–H and O–H groups in total. The molecule has 6 nitrogen and oxygen atoms in total. The van der Waals surface area contributed by atoms with E-state index in [1.54, 1.807) is 19.2 Å². The van der Waals surface area contributed by atoms with Gasteiger partial charge >= 0.3 is 0 Å². The molecule has 0 aliphatic rings. The number of anilines is 1. The van der Waals surface area contributed by atoms with E-state index in [9.17, 15) is 4.79 Å². The molecule has 130 valence electrons. The molecule has 6 heteroatoms. The molecular weight excluding hydrogens is 296 g/mol. The van der Waals surface area contributed by atoms with Crippen molar-refractivity contribution < 1.29 is 19.0 Å². The van der Waals surface area contributed by atoms with E-state index in [1.807, 2.05) is 27.7 Å². The van der Waals surface area contributed by atoms with Gasteiger partial charge in [-0.05, 0) is 32.8 Å². The maximum Gasteiger partial charge on any atom is 0.256 e. The van der Waals surface area contributed by atoms with Gasteiger partial charge < -0.3 is 19.5 Å². The lowest BCUT2D eigenvalue weighted by Gasteiger charge is -2.27. The van der Waals surface area contributed by atoms with Crippen LogP contribution < -0.4 is 10.1 Å². The number of carbonyl (C=O) groups excluding carboxylic acids is 1. The van der Waals surface area contributed by atoms with Gasteiger partial charge in [-0.25, -0.2) is 4.98 Å². The summed E-state index contributed by atoms with van der Waals surface area (Å²) in [6.45, 7) is 9.09. The zero-order valence-electron chi connectivity index (χ0n) is 14.8. The maximum absolute atomic E-state index is 12.5. The first kappa shape index (κ1) is 19.4. The average Bonchev–Trinajstić information content (AvgIpc) is 2.55. The normalized spacial score (nSPS) is 13.4. The Morgan fingerprint density at radius 3 is 2.57 bits per heavy atom. The van der Waals surface area contributed by atoms with E-state index in [4.69, 9.17) is 14.2 Å². The van der Waals surface area contributed by atoms with Gasteiger partial charge in [0, 0.05) is 19.8 Å². The van der Waals surface area contributed by atoms with Crippen LogP contribution in [0.15, 0.2) is 12.1 Å². The van der Waals surface area contributed by atoms with Gasteiger partial charge in [0.05, 0.1) is 18.0 Å². The first-order valence-electron chi connectivity index (χ1n) is 8.01. The fourth-order valence-corrected chi connectivity index (χ4v) is 1.89. The monoisotopic (exact) mass is 324 g/mol. The Balaban J connectivity index is 2.74. The molecule has 0 spiro atoms. The van der Waals surface area contributed by atoms with Gasteiger partial charge in [0.15, 0.2) is 0 Å². The van der Waals surface area contributed by atoms with Crippen molar-refractivity contribution in [3.63, 3.8) is 0 Å². The van der Waals surface area contributed by atoms with Crippen LogP contribution in [0.25, 0.3) is 0 Å². The fourth-order valence-electron chi connectivity index (χ4n) is 1.89. The average molecular weight is 324 g/mol. The van der Waals surface area contributed by atoms with E-state index in [0.29, 0.717) is 43.5 Å². The Morgan fingerprint density at radius 2 is 2.00 bits per heavy atom. The summed E-state index contributed by atoms with van der Waals surface area (Å²) in [5.41, 5.74) is 0.520. The molecule has 0 bridgehead atoms. The van der Waals surface area contributed by atoms with Crippen LogP contribution in [0.5, 0.6) is 5.88 Å². The predicted molar refractivity (Wildman–Crippen MR) is 89.9 cm³/mol. The number of amides is 1. The summed E-state index contributed by atoms with van der Waals surface area (Å²) in [6, 6.07) is 3.52. The molecule has 0 radical (unpaired) electrons. The van der Waals surface area contributed by atoms with Crippen LogP contribution in [-0.2, 0) is 14.3 Å². The SMILES string of the molecule is CCCO[C@@](C)(CC)C(=O)Nc1ccc(OCCOC)nc1C. The van der Waals surface area contributed by atoms with Crippen LogP contribution in [0.2, 0.25) is 0 Å². The van der Waals surface area contributed by atoms with E-state index in [0.717, 1.165) is 6.42 Å². The topological polar surface area (TPSA) is 69.7 Å². The third-order valence-electron chi connectivity index (χ3n) is 3.63. The van der Waals surface area contributed by atoms with Gasteiger partial charge in [0.25, 0.3) is 5.91 Å². The Kier molecular flexibility index (Phi) is 7.98. The lowest BCUT2D eigenvalue weighted by atomic mass is 10.0. The molecular formula is C17H28N2O4. The van der Waals surface area contributed by atoms with E-state index < -0.39 is 5.60 Å². The van der Waals surface area contributed by atoms with E-state index in [-0.39, 0.29) is 5.91 Å². The first-order chi connectivity index (χ1) is 11.0. The molecule has 23 heavy (non-hydrogen) atoms. The van der Waals surface area contributed by atoms with Crippen molar-refractivity contribution in [2.75, 3.05) is 32.2 Å². The number of hydrogen-bond donors (Lipinski definition) is 1. The van der Waals surface area contributed by atoms with E-state index in [1.165, 1.54) is 0 Å². The maximum atomic E-state index is 12.5. The Labute approximate surface area is 138 Å². The third-order valence-corrected chi connectivity index (χ3v) is 3.63. The van der Waals surface area contributed by atoms with Gasteiger partial charge in [-0.3, -0.25) is 4.79 Å². The summed E-state index contributed by atoms with van der Waals surface area (Å²) in [5.74, 6) is 0.351. The van der Waals surface area contributed by atoms with Gasteiger partial charge in [0.2, 0.25) is 5.88 Å². The molecule has 0 saturated heterocycles. The largest absolute Gasteiger partial charge is 0.475 e. The Morgan fingerprint density at radius 1 is 1.26 bits per heavy atom. The number of rotatable bonds is 10. The van der Waals surface area contributed by atoms with Crippen molar-refractivity contribution in [3.05, 3.63) is 17.8 Å². The number of carbonyl (C=O) groups is 1. The highest BCUT2D eigenvalue weighted by Crippen LogP contribution is 2.22. The zero-order chi connectivity index (χ0) is 17.3. The van der Waals surface area contributed by atoms with Gasteiger partial charge in [-0.2, -0.15) is 0 Å². The predicted octanol–water partition coefficient (Wildman–Crippen LogP) is 2.95. The standard InChI is InChI=1S/C17H28N2O4/c1-6-10-23-17(4,7-2)16(20)19-14-8-9-15(18-13(14)3)22-12-11-21-5/h8-9H,6-7,10-12H2,1-5H3,(H,19,20)/t17-/m0/s1. The van der Waals surface area contributed by atoms with Crippen molar-refractivity contribution in [1.29, 1.82) is 0 Å². The van der Waals surface area contributed by atoms with E-state index in [2.05, 4.69) is 10.3 Å². The van der Waals surface area contributed by atoms with Gasteiger partial charge in [0.1, 0.15) is 12.2 Å². The van der Waals surface area contributed by atoms with Gasteiger partial charge in [-0.15, -0.1) is 0 Å². The summed E-state index contributed by atoms with van der Waals surface area (Å²) >= 11 is 0. The molecule has 1 atom stereocenters. The summed E-state index contributed by atoms with van der Waals surface area (Å²) in [6.07, 6.45) is 1.47. The molecule has 1 heterocycles. The summed E-state index contributed by atoms with van der Waals surface area (Å²) in [7, 11) is 1.62. The van der Waals surface area contributed by atoms with Crippen molar-refractivity contribution in [2.24, 2.45) is 0 Å². The fraction of sp³-hybridized carbons (Fsp3) is 0.647. The molecule has 0 aromatic carbocycles. The van der Waals surface area contributed by atoms with E-state index >= 15 is 0 Å². The van der Waals surface area contributed by atoms with Gasteiger partial charge in [-0.1, -0.05) is 13.8 Å². The van der Waals surface area contributed by atoms with Crippen molar-refractivity contribution in [1.82, 2.24) is 4.98 Å². The van der Waals surface area contributed by atoms with Crippen LogP contribution in [-0.4, -0.2) is 43.4 Å². The molecule has 0 aliphatic heterocycles. The number of methoxy groups -OCH3 is 1. The van der Waals surface area contributed by atoms with Crippen LogP contribution in [0.1, 0.15) is 39.3 Å². The van der Waals surface area contributed by atoms with Crippen molar-refractivity contribution in [2.45, 2.75) is 46.1 Å². The second kappa shape index (κ2) is 9.47. The quantitative estimate of drug-likeness (QED) is 0.670. The minimum absolute atomic E-state index is 0.161. The smallest absolute Gasteiger partial charge is 0.256 e. The number of nitrogens with zero attached hydrogens (tertiary/aromatic N) is 1. The minimum Gasteiger partial charge on any atom is -0.475 e. The highest BCUT2D eigenvalue weighted by atomic mass is 16.5. The minimum atomic E-state index is -0.837. The number of hydrogen-bond acceptors (Lipinski definition) is 5. The highest BCUT2D eigenvalue weighted by Gasteiger charge is 2.32. The van der Waals surface area contributed by atoms with Crippen LogP contribution >= 0.6 is 0 Å². The summed E-state index contributed by atoms with van der Waals surface area (Å²) < 4.78 is 16.1. The molecule has 1 aromatic heterocycles. The third kappa shape index (κ3) is 5.80. The Bertz CT molecular complexity index is 507. The van der Waals surface area contributed by atoms with Crippen LogP contribution in [0.4, 0.5) is 5.69 Å². The number of pyridine rings is 1. The highest BCUT2D eigenvalue weighted by molar-refractivity contribution is 5.97. The Hall–Kier alpha value is -1.66. The van der Waals surface area contributed by atoms with Crippen molar-refractivity contribution in [3.8, 4) is 5.88 Å². The summed E-state index contributed by atoms with van der Waals surface area (Å²) in [5, 5.41) is 2.90. The number of aromatic nitrogens is 1. The molecule has 1 aromatic rings. The lowest BCUT2D eigenvalue weighted by Crippen LogP contribution is -2.42. The number of nitrogens with one attached hydrogen (secondary N) is 1. The molecule has 0 unspecified atom stereocenters. The van der Waals surface area contributed by atoms with Crippen LogP contribution in [0.3, 0.4) is 0 Å². The zero-order valence-corrected chi connectivity index (χ0v) is 14.8. The van der Waals surface area contributed by atoms with Crippen LogP contribution in [0, 0.1) is 6.92 Å².